The van der Waals surface area contributed by atoms with Gasteiger partial charge in [-0.05, 0) is 87.6 Å². The zero-order valence-electron chi connectivity index (χ0n) is 21.7. The third-order valence-electron chi connectivity index (χ3n) is 7.94. The van der Waals surface area contributed by atoms with Crippen LogP contribution in [0.25, 0.3) is 11.1 Å². The van der Waals surface area contributed by atoms with Gasteiger partial charge in [-0.1, -0.05) is 73.2 Å². The van der Waals surface area contributed by atoms with Crippen LogP contribution in [0.15, 0.2) is 66.7 Å². The maximum Gasteiger partial charge on any atom is 0.303 e. The van der Waals surface area contributed by atoms with Gasteiger partial charge in [-0.25, -0.2) is 0 Å². The molecule has 3 atom stereocenters. The van der Waals surface area contributed by atoms with E-state index in [-0.39, 0.29) is 6.42 Å². The molecule has 1 heterocycles. The van der Waals surface area contributed by atoms with Crippen LogP contribution >= 0.6 is 0 Å². The molecule has 1 saturated heterocycles. The number of carbonyl (C=O) groups is 1. The minimum absolute atomic E-state index is 0.219. The number of likely N-dealkylation sites (tertiary alicyclic amines) is 1. The molecule has 0 bridgehead atoms. The lowest BCUT2D eigenvalue weighted by molar-refractivity contribution is -0.136. The van der Waals surface area contributed by atoms with E-state index in [2.05, 4.69) is 65.6 Å². The van der Waals surface area contributed by atoms with Gasteiger partial charge in [-0.3, -0.25) is 4.79 Å². The van der Waals surface area contributed by atoms with Crippen LogP contribution < -0.4 is 0 Å². The number of allylic oxidation sites excluding steroid dienone is 2. The van der Waals surface area contributed by atoms with Gasteiger partial charge in [0.05, 0.1) is 6.10 Å². The van der Waals surface area contributed by atoms with E-state index in [0.29, 0.717) is 24.5 Å². The number of ether oxygens (including phenoxy) is 1. The highest BCUT2D eigenvalue weighted by atomic mass is 16.5. The number of piperidine rings is 1. The molecule has 4 heteroatoms. The Bertz CT molecular complexity index is 934. The molecule has 0 amide bonds. The summed E-state index contributed by atoms with van der Waals surface area (Å²) in [5.41, 5.74) is 3.91. The molecule has 2 aromatic rings. The van der Waals surface area contributed by atoms with Crippen molar-refractivity contribution in [3.8, 4) is 11.1 Å². The highest BCUT2D eigenvalue weighted by Gasteiger charge is 2.39. The fraction of sp³-hybridized carbons (Fsp3) is 0.531. The minimum Gasteiger partial charge on any atom is -0.481 e. The summed E-state index contributed by atoms with van der Waals surface area (Å²) in [6, 6.07) is 20.2. The molecule has 1 N–H and O–H groups in total. The van der Waals surface area contributed by atoms with Gasteiger partial charge in [-0.2, -0.15) is 0 Å². The van der Waals surface area contributed by atoms with Crippen molar-refractivity contribution < 1.29 is 14.6 Å². The topological polar surface area (TPSA) is 49.8 Å². The summed E-state index contributed by atoms with van der Waals surface area (Å²) in [5, 5.41) is 8.84. The molecule has 4 nitrogen and oxygen atoms in total. The van der Waals surface area contributed by atoms with E-state index in [9.17, 15) is 4.79 Å². The Morgan fingerprint density at radius 2 is 1.64 bits per heavy atom. The van der Waals surface area contributed by atoms with Gasteiger partial charge in [0.25, 0.3) is 0 Å². The van der Waals surface area contributed by atoms with Crippen LogP contribution in [0, 0.1) is 5.92 Å². The van der Waals surface area contributed by atoms with E-state index in [1.165, 1.54) is 61.9 Å². The van der Waals surface area contributed by atoms with E-state index in [0.717, 1.165) is 32.3 Å². The molecule has 194 valence electrons. The molecule has 2 aromatic carbocycles. The summed E-state index contributed by atoms with van der Waals surface area (Å²) < 4.78 is 6.53. The number of carboxylic acids is 1. The van der Waals surface area contributed by atoms with Crippen molar-refractivity contribution in [2.24, 2.45) is 5.92 Å². The second-order valence-electron chi connectivity index (χ2n) is 10.5. The number of aryl methyl sites for hydroxylation is 1. The Labute approximate surface area is 217 Å². The van der Waals surface area contributed by atoms with Crippen LogP contribution in [-0.2, 0) is 16.0 Å². The smallest absolute Gasteiger partial charge is 0.303 e. The first kappa shape index (κ1) is 26.6. The number of aliphatic carboxylic acids is 1. The largest absolute Gasteiger partial charge is 0.481 e. The molecule has 1 saturated carbocycles. The summed E-state index contributed by atoms with van der Waals surface area (Å²) in [4.78, 5) is 13.5. The van der Waals surface area contributed by atoms with Crippen LogP contribution in [0.3, 0.4) is 0 Å². The number of benzene rings is 2. The summed E-state index contributed by atoms with van der Waals surface area (Å²) >= 11 is 0. The molecule has 4 rings (SSSR count). The molecule has 2 fully saturated rings. The van der Waals surface area contributed by atoms with Crippen molar-refractivity contribution in [2.75, 3.05) is 19.7 Å². The fourth-order valence-corrected chi connectivity index (χ4v) is 6.04. The molecule has 36 heavy (non-hydrogen) atoms. The monoisotopic (exact) mass is 489 g/mol. The zero-order valence-corrected chi connectivity index (χ0v) is 21.7. The van der Waals surface area contributed by atoms with Crippen LogP contribution in [0.1, 0.15) is 69.8 Å². The van der Waals surface area contributed by atoms with Crippen molar-refractivity contribution in [1.82, 2.24) is 4.90 Å². The standard InChI is InChI=1S/C32H43NO3/c34-32(35)16-8-2-1-7-15-29-30(33-23-9-4-10-24-33)21-22-31(29)36-25-11-12-26-17-19-28(20-18-26)27-13-5-3-6-14-27/h1-3,5-6,13-14,17-20,29-31H,4,7-12,15-16,21-25H2,(H,34,35)/b2-1-/t29-,30+,31+/m1/s1. The van der Waals surface area contributed by atoms with E-state index < -0.39 is 5.97 Å². The lowest BCUT2D eigenvalue weighted by atomic mass is 9.93. The molecule has 1 aliphatic heterocycles. The Kier molecular flexibility index (Phi) is 10.6. The number of hydrogen-bond acceptors (Lipinski definition) is 3. The molecule has 0 unspecified atom stereocenters. The van der Waals surface area contributed by atoms with Gasteiger partial charge in [0.1, 0.15) is 0 Å². The highest BCUT2D eigenvalue weighted by molar-refractivity contribution is 5.66. The van der Waals surface area contributed by atoms with Crippen molar-refractivity contribution in [1.29, 1.82) is 0 Å². The average molecular weight is 490 g/mol. The van der Waals surface area contributed by atoms with Gasteiger partial charge in [0, 0.05) is 25.0 Å². The highest BCUT2D eigenvalue weighted by Crippen LogP contribution is 2.37. The third-order valence-corrected chi connectivity index (χ3v) is 7.94. The van der Waals surface area contributed by atoms with E-state index in [4.69, 9.17) is 9.84 Å². The van der Waals surface area contributed by atoms with Crippen molar-refractivity contribution in [2.45, 2.75) is 82.8 Å². The number of nitrogens with zero attached hydrogens (tertiary/aromatic N) is 1. The van der Waals surface area contributed by atoms with Gasteiger partial charge in [0.15, 0.2) is 0 Å². The van der Waals surface area contributed by atoms with Gasteiger partial charge in [-0.15, -0.1) is 0 Å². The predicted molar refractivity (Wildman–Crippen MR) is 147 cm³/mol. The number of carboxylic acid groups (broad SMARTS) is 1. The molecular weight excluding hydrogens is 446 g/mol. The Morgan fingerprint density at radius 1 is 0.917 bits per heavy atom. The first-order valence-electron chi connectivity index (χ1n) is 14.1. The zero-order chi connectivity index (χ0) is 25.0. The van der Waals surface area contributed by atoms with E-state index >= 15 is 0 Å². The van der Waals surface area contributed by atoms with Gasteiger partial charge >= 0.3 is 5.97 Å². The molecular formula is C32H43NO3. The second kappa shape index (κ2) is 14.3. The summed E-state index contributed by atoms with van der Waals surface area (Å²) in [7, 11) is 0. The first-order chi connectivity index (χ1) is 17.7. The molecule has 0 aromatic heterocycles. The minimum atomic E-state index is -0.721. The predicted octanol–water partition coefficient (Wildman–Crippen LogP) is 7.14. The fourth-order valence-electron chi connectivity index (χ4n) is 6.04. The van der Waals surface area contributed by atoms with Crippen LogP contribution in [0.5, 0.6) is 0 Å². The molecule has 1 aliphatic carbocycles. The SMILES string of the molecule is O=C(O)CC/C=C\CC[C@H]1[C@@H](OCCCc2ccc(-c3ccccc3)cc2)CC[C@@H]1N1CCCCC1. The van der Waals surface area contributed by atoms with Gasteiger partial charge < -0.3 is 14.7 Å². The summed E-state index contributed by atoms with van der Waals surface area (Å²) in [6.45, 7) is 3.30. The average Bonchev–Trinajstić information content (AvgIpc) is 3.32. The van der Waals surface area contributed by atoms with Crippen molar-refractivity contribution >= 4 is 5.97 Å². The number of hydrogen-bond donors (Lipinski definition) is 1. The third kappa shape index (κ3) is 8.04. The van der Waals surface area contributed by atoms with E-state index in [1.54, 1.807) is 0 Å². The molecule has 2 aliphatic rings. The Balaban J connectivity index is 1.25. The number of rotatable bonds is 13. The van der Waals surface area contributed by atoms with Crippen molar-refractivity contribution in [3.63, 3.8) is 0 Å². The Hall–Kier alpha value is -2.43. The lowest BCUT2D eigenvalue weighted by Crippen LogP contribution is -2.43. The van der Waals surface area contributed by atoms with Crippen molar-refractivity contribution in [3.05, 3.63) is 72.3 Å². The van der Waals surface area contributed by atoms with Crippen LogP contribution in [-0.4, -0.2) is 47.8 Å². The van der Waals surface area contributed by atoms with Gasteiger partial charge in [0.2, 0.25) is 0 Å². The van der Waals surface area contributed by atoms with Crippen LogP contribution in [0.2, 0.25) is 0 Å². The maximum atomic E-state index is 10.7. The quantitative estimate of drug-likeness (QED) is 0.240. The summed E-state index contributed by atoms with van der Waals surface area (Å²) in [6.07, 6.45) is 16.1. The summed E-state index contributed by atoms with van der Waals surface area (Å²) in [5.74, 6) is -0.140. The maximum absolute atomic E-state index is 10.7. The second-order valence-corrected chi connectivity index (χ2v) is 10.5. The first-order valence-corrected chi connectivity index (χ1v) is 14.1. The normalized spacial score (nSPS) is 22.8. The lowest BCUT2D eigenvalue weighted by Gasteiger charge is -2.37. The molecule has 0 spiro atoms. The molecule has 0 radical (unpaired) electrons. The van der Waals surface area contributed by atoms with Crippen LogP contribution in [0.4, 0.5) is 0 Å². The van der Waals surface area contributed by atoms with E-state index in [1.807, 2.05) is 6.08 Å². The Morgan fingerprint density at radius 3 is 2.39 bits per heavy atom.